The Bertz CT molecular complexity index is 1250. The van der Waals surface area contributed by atoms with Crippen LogP contribution in [-0.4, -0.2) is 42.5 Å². The number of nitro groups is 1. The minimum absolute atomic E-state index is 0.108. The molecule has 2 aliphatic heterocycles. The number of benzene rings is 2. The molecule has 0 saturated carbocycles. The van der Waals surface area contributed by atoms with E-state index in [1.165, 1.54) is 23.1 Å². The van der Waals surface area contributed by atoms with Crippen LogP contribution >= 0.6 is 0 Å². The number of sulfonamides is 1. The van der Waals surface area contributed by atoms with Gasteiger partial charge in [0.1, 0.15) is 11.4 Å². The van der Waals surface area contributed by atoms with Crippen molar-refractivity contribution in [2.24, 2.45) is 0 Å². The first-order chi connectivity index (χ1) is 14.5. The van der Waals surface area contributed by atoms with Gasteiger partial charge in [-0.2, -0.15) is 0 Å². The van der Waals surface area contributed by atoms with Gasteiger partial charge in [0.2, 0.25) is 10.0 Å². The molecule has 1 N–H and O–H groups in total. The predicted molar refractivity (Wildman–Crippen MR) is 114 cm³/mol. The SMILES string of the molecule is CC1(C)Oc2ccc([N+](=O)[O-])cc2C(N2Cc3ccccc3C2=O)=C1CNS(C)(=O)=O. The van der Waals surface area contributed by atoms with Gasteiger partial charge < -0.3 is 9.64 Å². The van der Waals surface area contributed by atoms with Crippen molar-refractivity contribution < 1.29 is 22.9 Å². The fourth-order valence-electron chi connectivity index (χ4n) is 3.93. The second-order valence-electron chi connectivity index (χ2n) is 8.02. The Morgan fingerprint density at radius 1 is 1.19 bits per heavy atom. The van der Waals surface area contributed by atoms with Crippen LogP contribution in [0.15, 0.2) is 48.0 Å². The van der Waals surface area contributed by atoms with Crippen LogP contribution in [0.2, 0.25) is 0 Å². The molecule has 2 aliphatic rings. The van der Waals surface area contributed by atoms with Crippen molar-refractivity contribution in [3.8, 4) is 5.75 Å². The van der Waals surface area contributed by atoms with Gasteiger partial charge in [-0.15, -0.1) is 0 Å². The van der Waals surface area contributed by atoms with Crippen LogP contribution in [0.1, 0.15) is 35.3 Å². The Kier molecular flexibility index (Phi) is 4.86. The second kappa shape index (κ2) is 7.17. The van der Waals surface area contributed by atoms with E-state index in [9.17, 15) is 23.3 Å². The molecule has 0 aliphatic carbocycles. The molecule has 2 aromatic rings. The summed E-state index contributed by atoms with van der Waals surface area (Å²) in [5.41, 5.74) is 1.55. The summed E-state index contributed by atoms with van der Waals surface area (Å²) >= 11 is 0. The number of carbonyl (C=O) groups is 1. The van der Waals surface area contributed by atoms with E-state index in [-0.39, 0.29) is 24.7 Å². The Morgan fingerprint density at radius 3 is 2.55 bits per heavy atom. The first-order valence-corrected chi connectivity index (χ1v) is 11.4. The molecule has 0 bridgehead atoms. The highest BCUT2D eigenvalue weighted by atomic mass is 32.2. The third-order valence-electron chi connectivity index (χ3n) is 5.41. The number of nitrogens with one attached hydrogen (secondary N) is 1. The number of nitrogens with zero attached hydrogens (tertiary/aromatic N) is 2. The van der Waals surface area contributed by atoms with E-state index < -0.39 is 20.5 Å². The zero-order chi connectivity index (χ0) is 22.6. The largest absolute Gasteiger partial charge is 0.483 e. The average Bonchev–Trinajstić information content (AvgIpc) is 3.01. The monoisotopic (exact) mass is 443 g/mol. The molecule has 0 radical (unpaired) electrons. The summed E-state index contributed by atoms with van der Waals surface area (Å²) in [6.45, 7) is 3.70. The standard InChI is InChI=1S/C21H21N3O6S/c1-21(2)17(11-22-31(3,28)29)19(16-10-14(24(26)27)8-9-18(16)30-21)23-12-13-6-4-5-7-15(13)20(23)25/h4-10,22H,11-12H2,1-3H3. The van der Waals surface area contributed by atoms with Crippen LogP contribution in [0.4, 0.5) is 5.69 Å². The molecular formula is C21H21N3O6S. The summed E-state index contributed by atoms with van der Waals surface area (Å²) in [4.78, 5) is 25.7. The van der Waals surface area contributed by atoms with Crippen LogP contribution in [0.3, 0.4) is 0 Å². The van der Waals surface area contributed by atoms with E-state index in [1.807, 2.05) is 12.1 Å². The summed E-state index contributed by atoms with van der Waals surface area (Å²) in [6, 6.07) is 11.4. The molecule has 0 saturated heterocycles. The Balaban J connectivity index is 1.94. The van der Waals surface area contributed by atoms with Gasteiger partial charge in [0.15, 0.2) is 0 Å². The third kappa shape index (κ3) is 3.79. The number of nitro benzene ring substituents is 1. The van der Waals surface area contributed by atoms with Gasteiger partial charge in [-0.25, -0.2) is 13.1 Å². The summed E-state index contributed by atoms with van der Waals surface area (Å²) in [5.74, 6) is 0.134. The number of carbonyl (C=O) groups excluding carboxylic acids is 1. The van der Waals surface area contributed by atoms with Gasteiger partial charge in [-0.3, -0.25) is 14.9 Å². The van der Waals surface area contributed by atoms with E-state index in [0.29, 0.717) is 28.1 Å². The quantitative estimate of drug-likeness (QED) is 0.561. The predicted octanol–water partition coefficient (Wildman–Crippen LogP) is 2.68. The maximum atomic E-state index is 13.3. The van der Waals surface area contributed by atoms with Gasteiger partial charge in [0, 0.05) is 35.4 Å². The first-order valence-electron chi connectivity index (χ1n) is 9.54. The number of hydrogen-bond donors (Lipinski definition) is 1. The summed E-state index contributed by atoms with van der Waals surface area (Å²) in [5, 5.41) is 11.4. The maximum absolute atomic E-state index is 13.3. The Labute approximate surface area is 179 Å². The van der Waals surface area contributed by atoms with Crippen molar-refractivity contribution in [2.75, 3.05) is 12.8 Å². The molecule has 1 amide bonds. The Hall–Kier alpha value is -3.24. The lowest BCUT2D eigenvalue weighted by Gasteiger charge is -2.39. The molecule has 4 rings (SSSR count). The molecule has 0 aromatic heterocycles. The summed E-state index contributed by atoms with van der Waals surface area (Å²) < 4.78 is 32.1. The zero-order valence-electron chi connectivity index (χ0n) is 17.2. The maximum Gasteiger partial charge on any atom is 0.270 e. The normalized spacial score (nSPS) is 17.3. The molecular weight excluding hydrogens is 422 g/mol. The molecule has 162 valence electrons. The molecule has 31 heavy (non-hydrogen) atoms. The highest BCUT2D eigenvalue weighted by molar-refractivity contribution is 7.88. The number of fused-ring (bicyclic) bond motifs is 2. The minimum atomic E-state index is -3.54. The van der Waals surface area contributed by atoms with Gasteiger partial charge in [0.05, 0.1) is 23.4 Å². The van der Waals surface area contributed by atoms with Gasteiger partial charge in [-0.05, 0) is 31.5 Å². The molecule has 2 aromatic carbocycles. The first kappa shape index (κ1) is 21.0. The summed E-state index contributed by atoms with van der Waals surface area (Å²) in [6.07, 6.45) is 1.04. The fourth-order valence-corrected chi connectivity index (χ4v) is 4.34. The van der Waals surface area contributed by atoms with Crippen LogP contribution in [-0.2, 0) is 16.6 Å². The molecule has 0 unspecified atom stereocenters. The van der Waals surface area contributed by atoms with E-state index >= 15 is 0 Å². The van der Waals surface area contributed by atoms with Crippen LogP contribution in [0.5, 0.6) is 5.75 Å². The molecule has 2 heterocycles. The highest BCUT2D eigenvalue weighted by Crippen LogP contribution is 2.45. The minimum Gasteiger partial charge on any atom is -0.483 e. The lowest BCUT2D eigenvalue weighted by atomic mass is 9.88. The summed E-state index contributed by atoms with van der Waals surface area (Å²) in [7, 11) is -3.54. The van der Waals surface area contributed by atoms with E-state index in [1.54, 1.807) is 26.0 Å². The number of hydrogen-bond acceptors (Lipinski definition) is 6. The molecule has 0 fully saturated rings. The van der Waals surface area contributed by atoms with Gasteiger partial charge >= 0.3 is 0 Å². The number of amides is 1. The molecule has 0 spiro atoms. The molecule has 10 heteroatoms. The van der Waals surface area contributed by atoms with Crippen LogP contribution in [0, 0.1) is 10.1 Å². The van der Waals surface area contributed by atoms with Crippen LogP contribution < -0.4 is 9.46 Å². The lowest BCUT2D eigenvalue weighted by Crippen LogP contribution is -2.43. The highest BCUT2D eigenvalue weighted by Gasteiger charge is 2.41. The van der Waals surface area contributed by atoms with Crippen molar-refractivity contribution >= 4 is 27.3 Å². The van der Waals surface area contributed by atoms with Crippen molar-refractivity contribution in [1.29, 1.82) is 0 Å². The average molecular weight is 443 g/mol. The van der Waals surface area contributed by atoms with E-state index in [4.69, 9.17) is 4.74 Å². The van der Waals surface area contributed by atoms with Crippen molar-refractivity contribution in [2.45, 2.75) is 26.0 Å². The number of ether oxygens (including phenoxy) is 1. The smallest absolute Gasteiger partial charge is 0.270 e. The number of non-ortho nitro benzene ring substituents is 1. The zero-order valence-corrected chi connectivity index (χ0v) is 18.0. The van der Waals surface area contributed by atoms with Crippen LogP contribution in [0.25, 0.3) is 5.70 Å². The third-order valence-corrected chi connectivity index (χ3v) is 6.08. The van der Waals surface area contributed by atoms with Gasteiger partial charge in [-0.1, -0.05) is 18.2 Å². The van der Waals surface area contributed by atoms with E-state index in [2.05, 4.69) is 4.72 Å². The lowest BCUT2D eigenvalue weighted by molar-refractivity contribution is -0.384. The molecule has 9 nitrogen and oxygen atoms in total. The molecule has 0 atom stereocenters. The second-order valence-corrected chi connectivity index (χ2v) is 9.85. The Morgan fingerprint density at radius 2 is 1.90 bits per heavy atom. The fraction of sp³-hybridized carbons (Fsp3) is 0.286. The van der Waals surface area contributed by atoms with E-state index in [0.717, 1.165) is 11.8 Å². The van der Waals surface area contributed by atoms with Crippen molar-refractivity contribution in [1.82, 2.24) is 9.62 Å². The topological polar surface area (TPSA) is 119 Å². The van der Waals surface area contributed by atoms with Gasteiger partial charge in [0.25, 0.3) is 11.6 Å². The number of rotatable bonds is 5. The van der Waals surface area contributed by atoms with Crippen molar-refractivity contribution in [3.63, 3.8) is 0 Å². The van der Waals surface area contributed by atoms with Crippen molar-refractivity contribution in [3.05, 3.63) is 74.8 Å².